The van der Waals surface area contributed by atoms with Crippen LogP contribution in [-0.4, -0.2) is 27.5 Å². The Labute approximate surface area is 103 Å². The van der Waals surface area contributed by atoms with E-state index in [2.05, 4.69) is 0 Å². The molecule has 0 aliphatic carbocycles. The highest BCUT2D eigenvalue weighted by atomic mass is 32.2. The first-order valence-corrected chi connectivity index (χ1v) is 7.56. The Kier molecular flexibility index (Phi) is 4.96. The molecule has 0 aliphatic rings. The predicted molar refractivity (Wildman–Crippen MR) is 68.9 cm³/mol. The minimum Gasteiger partial charge on any atom is -0.496 e. The third-order valence-electron chi connectivity index (χ3n) is 2.57. The molecule has 4 nitrogen and oxygen atoms in total. The molecule has 0 aromatic heterocycles. The van der Waals surface area contributed by atoms with Gasteiger partial charge in [0.1, 0.15) is 15.6 Å². The Morgan fingerprint density at radius 2 is 2.00 bits per heavy atom. The second-order valence-electron chi connectivity index (χ2n) is 4.12. The van der Waals surface area contributed by atoms with Crippen molar-refractivity contribution in [3.63, 3.8) is 0 Å². The Morgan fingerprint density at radius 3 is 2.59 bits per heavy atom. The summed E-state index contributed by atoms with van der Waals surface area (Å²) < 4.78 is 27.2. The van der Waals surface area contributed by atoms with E-state index >= 15 is 0 Å². The van der Waals surface area contributed by atoms with Gasteiger partial charge in [-0.15, -0.1) is 0 Å². The van der Waals surface area contributed by atoms with Gasteiger partial charge in [0, 0.05) is 23.6 Å². The zero-order valence-corrected chi connectivity index (χ0v) is 11.0. The molecule has 5 heteroatoms. The standard InChI is InChI=1S/C12H19NO3S/c1-16-12-8-4-3-6-10(12)11(13)7-5-9-17(2,14)15/h3-4,6,8,11H,5,7,9,13H2,1-2H3. The largest absolute Gasteiger partial charge is 0.496 e. The van der Waals surface area contributed by atoms with Crippen LogP contribution < -0.4 is 10.5 Å². The fraction of sp³-hybridized carbons (Fsp3) is 0.500. The van der Waals surface area contributed by atoms with Crippen molar-refractivity contribution in [3.05, 3.63) is 29.8 Å². The molecular formula is C12H19NO3S. The highest BCUT2D eigenvalue weighted by Gasteiger charge is 2.12. The zero-order valence-electron chi connectivity index (χ0n) is 10.2. The van der Waals surface area contributed by atoms with Crippen LogP contribution in [-0.2, 0) is 9.84 Å². The van der Waals surface area contributed by atoms with Gasteiger partial charge in [-0.3, -0.25) is 0 Å². The maximum Gasteiger partial charge on any atom is 0.147 e. The van der Waals surface area contributed by atoms with E-state index in [0.29, 0.717) is 12.8 Å². The molecule has 0 fully saturated rings. The van der Waals surface area contributed by atoms with Crippen molar-refractivity contribution < 1.29 is 13.2 Å². The van der Waals surface area contributed by atoms with Gasteiger partial charge < -0.3 is 10.5 Å². The summed E-state index contributed by atoms with van der Waals surface area (Å²) in [7, 11) is -1.31. The molecule has 0 amide bonds. The average molecular weight is 257 g/mol. The number of ether oxygens (including phenoxy) is 1. The maximum atomic E-state index is 11.0. The van der Waals surface area contributed by atoms with Gasteiger partial charge in [0.25, 0.3) is 0 Å². The summed E-state index contributed by atoms with van der Waals surface area (Å²) in [4.78, 5) is 0. The van der Waals surface area contributed by atoms with Crippen molar-refractivity contribution in [3.8, 4) is 5.75 Å². The molecule has 1 atom stereocenters. The predicted octanol–water partition coefficient (Wildman–Crippen LogP) is 1.52. The molecule has 1 aromatic carbocycles. The molecule has 0 saturated heterocycles. The Bertz CT molecular complexity index is 457. The minimum absolute atomic E-state index is 0.176. The summed E-state index contributed by atoms with van der Waals surface area (Å²) in [6.45, 7) is 0. The Morgan fingerprint density at radius 1 is 1.35 bits per heavy atom. The van der Waals surface area contributed by atoms with Crippen molar-refractivity contribution in [2.75, 3.05) is 19.1 Å². The maximum absolute atomic E-state index is 11.0. The lowest BCUT2D eigenvalue weighted by molar-refractivity contribution is 0.404. The highest BCUT2D eigenvalue weighted by molar-refractivity contribution is 7.90. The lowest BCUT2D eigenvalue weighted by Crippen LogP contribution is -2.13. The number of hydrogen-bond donors (Lipinski definition) is 1. The van der Waals surface area contributed by atoms with Crippen LogP contribution in [0.1, 0.15) is 24.4 Å². The number of benzene rings is 1. The van der Waals surface area contributed by atoms with Gasteiger partial charge >= 0.3 is 0 Å². The van der Waals surface area contributed by atoms with Crippen LogP contribution in [0, 0.1) is 0 Å². The SMILES string of the molecule is COc1ccccc1C(N)CCCS(C)(=O)=O. The smallest absolute Gasteiger partial charge is 0.147 e. The molecule has 0 heterocycles. The zero-order chi connectivity index (χ0) is 12.9. The van der Waals surface area contributed by atoms with E-state index in [1.165, 1.54) is 6.26 Å². The normalized spacial score (nSPS) is 13.4. The molecular weight excluding hydrogens is 238 g/mol. The topological polar surface area (TPSA) is 69.4 Å². The van der Waals surface area contributed by atoms with Gasteiger partial charge in [-0.05, 0) is 18.9 Å². The first kappa shape index (κ1) is 14.0. The second kappa shape index (κ2) is 6.02. The van der Waals surface area contributed by atoms with Gasteiger partial charge in [0.05, 0.1) is 7.11 Å². The molecule has 2 N–H and O–H groups in total. The monoisotopic (exact) mass is 257 g/mol. The Hall–Kier alpha value is -1.07. The summed E-state index contributed by atoms with van der Waals surface area (Å²) in [6, 6.07) is 7.35. The first-order valence-electron chi connectivity index (χ1n) is 5.50. The summed E-state index contributed by atoms with van der Waals surface area (Å²) in [6.07, 6.45) is 2.44. The van der Waals surface area contributed by atoms with Gasteiger partial charge in [0.15, 0.2) is 0 Å². The quantitative estimate of drug-likeness (QED) is 0.839. The molecule has 0 radical (unpaired) electrons. The van der Waals surface area contributed by atoms with E-state index < -0.39 is 9.84 Å². The number of methoxy groups -OCH3 is 1. The van der Waals surface area contributed by atoms with Gasteiger partial charge in [-0.2, -0.15) is 0 Å². The molecule has 1 aromatic rings. The molecule has 0 aliphatic heterocycles. The van der Waals surface area contributed by atoms with Gasteiger partial charge in [-0.25, -0.2) is 8.42 Å². The molecule has 96 valence electrons. The van der Waals surface area contributed by atoms with Crippen molar-refractivity contribution in [1.82, 2.24) is 0 Å². The third kappa shape index (κ3) is 4.75. The average Bonchev–Trinajstić information content (AvgIpc) is 2.27. The molecule has 1 rings (SSSR count). The second-order valence-corrected chi connectivity index (χ2v) is 6.38. The summed E-state index contributed by atoms with van der Waals surface area (Å²) in [5.74, 6) is 0.926. The van der Waals surface area contributed by atoms with E-state index in [4.69, 9.17) is 10.5 Å². The van der Waals surface area contributed by atoms with E-state index in [9.17, 15) is 8.42 Å². The lowest BCUT2D eigenvalue weighted by atomic mass is 10.0. The number of nitrogens with two attached hydrogens (primary N) is 1. The van der Waals surface area contributed by atoms with Crippen LogP contribution in [0.15, 0.2) is 24.3 Å². The highest BCUT2D eigenvalue weighted by Crippen LogP contribution is 2.25. The van der Waals surface area contributed by atoms with Crippen molar-refractivity contribution in [2.24, 2.45) is 5.73 Å². The fourth-order valence-electron chi connectivity index (χ4n) is 1.69. The van der Waals surface area contributed by atoms with E-state index in [1.54, 1.807) is 7.11 Å². The molecule has 0 saturated carbocycles. The van der Waals surface area contributed by atoms with Crippen LogP contribution >= 0.6 is 0 Å². The number of para-hydroxylation sites is 1. The Balaban J connectivity index is 2.61. The van der Waals surface area contributed by atoms with Crippen molar-refractivity contribution >= 4 is 9.84 Å². The molecule has 17 heavy (non-hydrogen) atoms. The molecule has 0 spiro atoms. The van der Waals surface area contributed by atoms with Crippen molar-refractivity contribution in [1.29, 1.82) is 0 Å². The third-order valence-corrected chi connectivity index (χ3v) is 3.60. The van der Waals surface area contributed by atoms with E-state index in [-0.39, 0.29) is 11.8 Å². The first-order chi connectivity index (χ1) is 7.94. The van der Waals surface area contributed by atoms with Crippen LogP contribution in [0.3, 0.4) is 0 Å². The number of sulfone groups is 1. The minimum atomic E-state index is -2.90. The molecule has 1 unspecified atom stereocenters. The van der Waals surface area contributed by atoms with Crippen LogP contribution in [0.4, 0.5) is 0 Å². The van der Waals surface area contributed by atoms with Crippen LogP contribution in [0.25, 0.3) is 0 Å². The van der Waals surface area contributed by atoms with Gasteiger partial charge in [0.2, 0.25) is 0 Å². The summed E-state index contributed by atoms with van der Waals surface area (Å²) >= 11 is 0. The fourth-order valence-corrected chi connectivity index (χ4v) is 2.38. The van der Waals surface area contributed by atoms with Crippen LogP contribution in [0.2, 0.25) is 0 Å². The van der Waals surface area contributed by atoms with Crippen LogP contribution in [0.5, 0.6) is 5.75 Å². The number of hydrogen-bond acceptors (Lipinski definition) is 4. The van der Waals surface area contributed by atoms with E-state index in [1.807, 2.05) is 24.3 Å². The lowest BCUT2D eigenvalue weighted by Gasteiger charge is -2.15. The van der Waals surface area contributed by atoms with Crippen molar-refractivity contribution in [2.45, 2.75) is 18.9 Å². The molecule has 0 bridgehead atoms. The van der Waals surface area contributed by atoms with Gasteiger partial charge in [-0.1, -0.05) is 18.2 Å². The van der Waals surface area contributed by atoms with E-state index in [0.717, 1.165) is 11.3 Å². The number of rotatable bonds is 6. The summed E-state index contributed by atoms with van der Waals surface area (Å²) in [5, 5.41) is 0. The summed E-state index contributed by atoms with van der Waals surface area (Å²) in [5.41, 5.74) is 6.95.